The van der Waals surface area contributed by atoms with Gasteiger partial charge in [0.25, 0.3) is 5.91 Å². The lowest BCUT2D eigenvalue weighted by atomic mass is 10.1. The fraction of sp³-hybridized carbons (Fsp3) is 0.0714. The summed E-state index contributed by atoms with van der Waals surface area (Å²) in [5.41, 5.74) is 5.05. The number of aromatic nitrogens is 2. The van der Waals surface area contributed by atoms with Gasteiger partial charge in [-0.15, -0.1) is 0 Å². The van der Waals surface area contributed by atoms with Crippen molar-refractivity contribution in [2.24, 2.45) is 0 Å². The Morgan fingerprint density at radius 3 is 2.67 bits per heavy atom. The van der Waals surface area contributed by atoms with Crippen molar-refractivity contribution in [2.45, 2.75) is 13.5 Å². The summed E-state index contributed by atoms with van der Waals surface area (Å²) in [6, 6.07) is 26.1. The minimum Gasteiger partial charge on any atom is -0.489 e. The average Bonchev–Trinajstić information content (AvgIpc) is 3.33. The fourth-order valence-corrected chi connectivity index (χ4v) is 3.89. The molecule has 0 fully saturated rings. The van der Waals surface area contributed by atoms with Gasteiger partial charge in [0.1, 0.15) is 12.4 Å². The van der Waals surface area contributed by atoms with E-state index < -0.39 is 0 Å². The van der Waals surface area contributed by atoms with Crippen LogP contribution in [-0.2, 0) is 6.61 Å². The predicted octanol–water partition coefficient (Wildman–Crippen LogP) is 5.90. The number of hydrogen-bond donors (Lipinski definition) is 2. The van der Waals surface area contributed by atoms with Gasteiger partial charge >= 0.3 is 0 Å². The molecule has 2 aromatic heterocycles. The normalized spacial score (nSPS) is 10.7. The average molecular weight is 495 g/mol. The van der Waals surface area contributed by atoms with E-state index in [1.807, 2.05) is 67.6 Å². The lowest BCUT2D eigenvalue weighted by Gasteiger charge is -2.14. The van der Waals surface area contributed by atoms with E-state index in [0.717, 1.165) is 22.4 Å². The van der Waals surface area contributed by atoms with Crippen molar-refractivity contribution >= 4 is 40.2 Å². The summed E-state index contributed by atoms with van der Waals surface area (Å²) in [7, 11) is 0. The third-order valence-corrected chi connectivity index (χ3v) is 5.75. The van der Waals surface area contributed by atoms with Crippen molar-refractivity contribution in [3.63, 3.8) is 0 Å². The van der Waals surface area contributed by atoms with Crippen LogP contribution in [-0.4, -0.2) is 21.0 Å². The van der Waals surface area contributed by atoms with Crippen LogP contribution in [0.3, 0.4) is 0 Å². The highest BCUT2D eigenvalue weighted by molar-refractivity contribution is 7.80. The second-order valence-corrected chi connectivity index (χ2v) is 8.44. The van der Waals surface area contributed by atoms with Gasteiger partial charge in [0.2, 0.25) is 5.89 Å². The molecule has 0 atom stereocenters. The number of hydrogen-bond acceptors (Lipinski definition) is 6. The number of thiocarbonyl (C=S) groups is 1. The molecule has 2 heterocycles. The number of benzene rings is 3. The summed E-state index contributed by atoms with van der Waals surface area (Å²) in [6.45, 7) is 2.34. The van der Waals surface area contributed by atoms with Crippen molar-refractivity contribution in [2.75, 3.05) is 5.32 Å². The fourth-order valence-electron chi connectivity index (χ4n) is 3.68. The van der Waals surface area contributed by atoms with E-state index in [1.54, 1.807) is 30.5 Å². The first-order valence-corrected chi connectivity index (χ1v) is 11.7. The summed E-state index contributed by atoms with van der Waals surface area (Å²) in [5, 5.41) is 6.01. The number of nitrogens with zero attached hydrogens (tertiary/aromatic N) is 2. The lowest BCUT2D eigenvalue weighted by Crippen LogP contribution is -2.34. The van der Waals surface area contributed by atoms with Crippen LogP contribution >= 0.6 is 12.2 Å². The molecule has 0 saturated heterocycles. The number of rotatable bonds is 6. The van der Waals surface area contributed by atoms with Crippen molar-refractivity contribution in [3.8, 4) is 17.2 Å². The number of fused-ring (bicyclic) bond motifs is 1. The van der Waals surface area contributed by atoms with Crippen LogP contribution in [0.25, 0.3) is 22.7 Å². The molecular weight excluding hydrogens is 472 g/mol. The van der Waals surface area contributed by atoms with E-state index in [2.05, 4.69) is 20.6 Å². The van der Waals surface area contributed by atoms with Gasteiger partial charge < -0.3 is 14.5 Å². The largest absolute Gasteiger partial charge is 0.489 e. The molecule has 5 aromatic rings. The number of anilines is 1. The van der Waals surface area contributed by atoms with E-state index in [9.17, 15) is 4.79 Å². The van der Waals surface area contributed by atoms with E-state index in [-0.39, 0.29) is 11.0 Å². The van der Waals surface area contributed by atoms with Crippen LogP contribution in [0.1, 0.15) is 21.5 Å². The Bertz CT molecular complexity index is 1520. The lowest BCUT2D eigenvalue weighted by molar-refractivity contribution is 0.0977. The molecule has 36 heavy (non-hydrogen) atoms. The number of carbonyl (C=O) groups is 1. The quantitative estimate of drug-likeness (QED) is 0.284. The van der Waals surface area contributed by atoms with Crippen LogP contribution in [0.5, 0.6) is 5.75 Å². The van der Waals surface area contributed by atoms with Gasteiger partial charge in [0.05, 0.1) is 0 Å². The Labute approximate surface area is 213 Å². The molecule has 0 saturated carbocycles. The molecule has 0 radical (unpaired) electrons. The zero-order valence-electron chi connectivity index (χ0n) is 19.4. The standard InChI is InChI=1S/C28H22N4O3S/c1-18-22(27-31-25-24(35-27)14-7-15-29-25)12-6-13-23(18)30-28(36)32-26(33)20-10-5-11-21(16-20)34-17-19-8-3-2-4-9-19/h2-16H,17H2,1H3,(H2,30,32,33,36). The summed E-state index contributed by atoms with van der Waals surface area (Å²) >= 11 is 5.41. The van der Waals surface area contributed by atoms with E-state index in [0.29, 0.717) is 35.0 Å². The number of pyridine rings is 1. The zero-order chi connectivity index (χ0) is 24.9. The maximum atomic E-state index is 12.8. The van der Waals surface area contributed by atoms with Crippen LogP contribution in [0, 0.1) is 6.92 Å². The minimum atomic E-state index is -0.337. The van der Waals surface area contributed by atoms with Crippen LogP contribution in [0.2, 0.25) is 0 Å². The molecule has 0 unspecified atom stereocenters. The maximum absolute atomic E-state index is 12.8. The zero-order valence-corrected chi connectivity index (χ0v) is 20.2. The van der Waals surface area contributed by atoms with Crippen molar-refractivity contribution in [1.82, 2.24) is 15.3 Å². The number of nitrogens with one attached hydrogen (secondary N) is 2. The number of ether oxygens (including phenoxy) is 1. The monoisotopic (exact) mass is 494 g/mol. The van der Waals surface area contributed by atoms with Gasteiger partial charge in [0.15, 0.2) is 16.3 Å². The van der Waals surface area contributed by atoms with Crippen molar-refractivity contribution in [1.29, 1.82) is 0 Å². The van der Waals surface area contributed by atoms with E-state index >= 15 is 0 Å². The molecule has 2 N–H and O–H groups in total. The second-order valence-electron chi connectivity index (χ2n) is 8.03. The number of carbonyl (C=O) groups excluding carboxylic acids is 1. The molecule has 7 nitrogen and oxygen atoms in total. The van der Waals surface area contributed by atoms with Gasteiger partial charge in [-0.05, 0) is 72.7 Å². The predicted molar refractivity (Wildman–Crippen MR) is 143 cm³/mol. The molecule has 0 bridgehead atoms. The molecule has 5 rings (SSSR count). The third kappa shape index (κ3) is 5.24. The molecule has 1 amide bonds. The van der Waals surface area contributed by atoms with Gasteiger partial charge in [0, 0.05) is 23.0 Å². The Balaban J connectivity index is 1.25. The molecular formula is C28H22N4O3S. The van der Waals surface area contributed by atoms with E-state index in [4.69, 9.17) is 21.4 Å². The highest BCUT2D eigenvalue weighted by Gasteiger charge is 2.15. The van der Waals surface area contributed by atoms with Crippen molar-refractivity contribution < 1.29 is 13.9 Å². The smallest absolute Gasteiger partial charge is 0.257 e. The van der Waals surface area contributed by atoms with Gasteiger partial charge in [-0.1, -0.05) is 42.5 Å². The maximum Gasteiger partial charge on any atom is 0.257 e. The minimum absolute atomic E-state index is 0.176. The summed E-state index contributed by atoms with van der Waals surface area (Å²) in [5.74, 6) is 0.727. The molecule has 0 aliphatic rings. The van der Waals surface area contributed by atoms with Crippen LogP contribution in [0.15, 0.2) is 95.5 Å². The first-order valence-electron chi connectivity index (χ1n) is 11.3. The molecule has 8 heteroatoms. The molecule has 178 valence electrons. The third-order valence-electron chi connectivity index (χ3n) is 5.55. The summed E-state index contributed by atoms with van der Waals surface area (Å²) in [6.07, 6.45) is 1.67. The Kier molecular flexibility index (Phi) is 6.68. The van der Waals surface area contributed by atoms with Crippen LogP contribution in [0.4, 0.5) is 5.69 Å². The number of amides is 1. The van der Waals surface area contributed by atoms with E-state index in [1.165, 1.54) is 0 Å². The summed E-state index contributed by atoms with van der Waals surface area (Å²) < 4.78 is 11.7. The van der Waals surface area contributed by atoms with Gasteiger partial charge in [-0.2, -0.15) is 4.98 Å². The SMILES string of the molecule is Cc1c(NC(=S)NC(=O)c2cccc(OCc3ccccc3)c2)cccc1-c1nc2ncccc2o1. The molecule has 0 spiro atoms. The number of oxazole rings is 1. The topological polar surface area (TPSA) is 89.3 Å². The van der Waals surface area contributed by atoms with Gasteiger partial charge in [-0.3, -0.25) is 10.1 Å². The molecule has 0 aliphatic carbocycles. The Morgan fingerprint density at radius 1 is 1.00 bits per heavy atom. The Hall–Kier alpha value is -4.56. The van der Waals surface area contributed by atoms with Crippen LogP contribution < -0.4 is 15.4 Å². The highest BCUT2D eigenvalue weighted by Crippen LogP contribution is 2.30. The molecule has 3 aromatic carbocycles. The second kappa shape index (κ2) is 10.4. The van der Waals surface area contributed by atoms with Gasteiger partial charge in [-0.25, -0.2) is 4.98 Å². The first kappa shape index (κ1) is 23.2. The first-order chi connectivity index (χ1) is 17.6. The highest BCUT2D eigenvalue weighted by atomic mass is 32.1. The van der Waals surface area contributed by atoms with Crippen molar-refractivity contribution in [3.05, 3.63) is 108 Å². The molecule has 0 aliphatic heterocycles. The Morgan fingerprint density at radius 2 is 1.83 bits per heavy atom. The summed E-state index contributed by atoms with van der Waals surface area (Å²) in [4.78, 5) is 21.5.